The first kappa shape index (κ1) is 14.5. The van der Waals surface area contributed by atoms with Crippen molar-refractivity contribution in [2.45, 2.75) is 51.9 Å². The molecule has 2 atom stereocenters. The van der Waals surface area contributed by atoms with E-state index in [9.17, 15) is 0 Å². The third-order valence-corrected chi connectivity index (χ3v) is 3.79. The minimum Gasteiger partial charge on any atom is -0.343 e. The minimum atomic E-state index is -0.671. The van der Waals surface area contributed by atoms with Crippen LogP contribution in [0.4, 0.5) is 0 Å². The molecule has 0 amide bonds. The van der Waals surface area contributed by atoms with Gasteiger partial charge < -0.3 is 15.2 Å². The standard InChI is InChI=1S/C16H25NO2/c1-11-6-7-12(15(2,3)4)8-14(11)16(5)18-10-13(9-17)19-16/h6-8,13H,9-10,17H2,1-5H3. The van der Waals surface area contributed by atoms with Crippen molar-refractivity contribution in [1.29, 1.82) is 0 Å². The molecule has 1 heterocycles. The maximum absolute atomic E-state index is 5.99. The van der Waals surface area contributed by atoms with Gasteiger partial charge in [0.2, 0.25) is 0 Å². The van der Waals surface area contributed by atoms with Crippen LogP contribution >= 0.6 is 0 Å². The van der Waals surface area contributed by atoms with Crippen molar-refractivity contribution in [2.24, 2.45) is 5.73 Å². The van der Waals surface area contributed by atoms with Gasteiger partial charge in [0, 0.05) is 12.1 Å². The summed E-state index contributed by atoms with van der Waals surface area (Å²) < 4.78 is 11.9. The maximum Gasteiger partial charge on any atom is 0.192 e. The van der Waals surface area contributed by atoms with Crippen molar-refractivity contribution >= 4 is 0 Å². The Morgan fingerprint density at radius 2 is 2.05 bits per heavy atom. The fourth-order valence-corrected chi connectivity index (χ4v) is 2.47. The summed E-state index contributed by atoms with van der Waals surface area (Å²) in [5, 5.41) is 0. The van der Waals surface area contributed by atoms with Crippen molar-refractivity contribution < 1.29 is 9.47 Å². The van der Waals surface area contributed by atoms with Crippen LogP contribution in [-0.4, -0.2) is 19.3 Å². The largest absolute Gasteiger partial charge is 0.343 e. The quantitative estimate of drug-likeness (QED) is 0.892. The molecular weight excluding hydrogens is 238 g/mol. The Balaban J connectivity index is 2.39. The van der Waals surface area contributed by atoms with Crippen LogP contribution in [-0.2, 0) is 20.7 Å². The highest BCUT2D eigenvalue weighted by molar-refractivity contribution is 5.37. The molecular formula is C16H25NO2. The van der Waals surface area contributed by atoms with Crippen LogP contribution in [0.1, 0.15) is 44.4 Å². The molecule has 0 bridgehead atoms. The monoisotopic (exact) mass is 263 g/mol. The molecule has 1 aliphatic heterocycles. The Hall–Kier alpha value is -0.900. The van der Waals surface area contributed by atoms with E-state index in [2.05, 4.69) is 45.9 Å². The second-order valence-electron chi connectivity index (χ2n) is 6.51. The van der Waals surface area contributed by atoms with E-state index >= 15 is 0 Å². The molecule has 1 fully saturated rings. The second kappa shape index (κ2) is 4.89. The van der Waals surface area contributed by atoms with Gasteiger partial charge in [0.05, 0.1) is 12.7 Å². The van der Waals surface area contributed by atoms with E-state index < -0.39 is 5.79 Å². The number of ether oxygens (including phenoxy) is 2. The average molecular weight is 263 g/mol. The summed E-state index contributed by atoms with van der Waals surface area (Å²) in [6.07, 6.45) is -0.0114. The van der Waals surface area contributed by atoms with Crippen LogP contribution in [0.2, 0.25) is 0 Å². The number of hydrogen-bond acceptors (Lipinski definition) is 3. The average Bonchev–Trinajstić information content (AvgIpc) is 2.71. The molecule has 2 rings (SSSR count). The number of hydrogen-bond donors (Lipinski definition) is 1. The summed E-state index contributed by atoms with van der Waals surface area (Å²) in [5.41, 5.74) is 9.37. The smallest absolute Gasteiger partial charge is 0.192 e. The zero-order chi connectivity index (χ0) is 14.3. The Bertz CT molecular complexity index is 464. The SMILES string of the molecule is Cc1ccc(C(C)(C)C)cc1C1(C)OCC(CN)O1. The predicted molar refractivity (Wildman–Crippen MR) is 77.1 cm³/mol. The molecule has 2 unspecified atom stereocenters. The Kier molecular flexibility index (Phi) is 3.74. The van der Waals surface area contributed by atoms with E-state index in [-0.39, 0.29) is 11.5 Å². The highest BCUT2D eigenvalue weighted by atomic mass is 16.7. The molecule has 1 aromatic rings. The minimum absolute atomic E-state index is 0.0114. The molecule has 1 aliphatic rings. The van der Waals surface area contributed by atoms with Gasteiger partial charge in [0.15, 0.2) is 5.79 Å². The van der Waals surface area contributed by atoms with Crippen LogP contribution in [0, 0.1) is 6.92 Å². The zero-order valence-electron chi connectivity index (χ0n) is 12.6. The molecule has 2 N–H and O–H groups in total. The molecule has 0 spiro atoms. The zero-order valence-corrected chi connectivity index (χ0v) is 12.6. The van der Waals surface area contributed by atoms with Gasteiger partial charge in [-0.05, 0) is 36.5 Å². The van der Waals surface area contributed by atoms with Crippen molar-refractivity contribution in [3.63, 3.8) is 0 Å². The van der Waals surface area contributed by atoms with E-state index in [0.717, 1.165) is 5.56 Å². The lowest BCUT2D eigenvalue weighted by Gasteiger charge is -2.28. The van der Waals surface area contributed by atoms with Crippen molar-refractivity contribution in [2.75, 3.05) is 13.2 Å². The number of benzene rings is 1. The number of aryl methyl sites for hydroxylation is 1. The molecule has 0 aromatic heterocycles. The summed E-state index contributed by atoms with van der Waals surface area (Å²) in [7, 11) is 0. The first-order chi connectivity index (χ1) is 8.76. The van der Waals surface area contributed by atoms with E-state index in [0.29, 0.717) is 13.2 Å². The number of rotatable bonds is 2. The fraction of sp³-hybridized carbons (Fsp3) is 0.625. The lowest BCUT2D eigenvalue weighted by molar-refractivity contribution is -0.161. The Morgan fingerprint density at radius 1 is 1.37 bits per heavy atom. The molecule has 3 nitrogen and oxygen atoms in total. The topological polar surface area (TPSA) is 44.5 Å². The molecule has 3 heteroatoms. The molecule has 106 valence electrons. The second-order valence-corrected chi connectivity index (χ2v) is 6.51. The van der Waals surface area contributed by atoms with Gasteiger partial charge in [-0.3, -0.25) is 0 Å². The first-order valence-electron chi connectivity index (χ1n) is 6.90. The van der Waals surface area contributed by atoms with Gasteiger partial charge >= 0.3 is 0 Å². The molecule has 19 heavy (non-hydrogen) atoms. The van der Waals surface area contributed by atoms with Gasteiger partial charge in [0.25, 0.3) is 0 Å². The van der Waals surface area contributed by atoms with Crippen molar-refractivity contribution in [3.05, 3.63) is 34.9 Å². The van der Waals surface area contributed by atoms with Gasteiger partial charge in [-0.25, -0.2) is 0 Å². The lowest BCUT2D eigenvalue weighted by Crippen LogP contribution is -2.28. The summed E-state index contributed by atoms with van der Waals surface area (Å²) in [4.78, 5) is 0. The van der Waals surface area contributed by atoms with Crippen molar-refractivity contribution in [3.8, 4) is 0 Å². The van der Waals surface area contributed by atoms with E-state index in [4.69, 9.17) is 15.2 Å². The van der Waals surface area contributed by atoms with E-state index in [1.54, 1.807) is 0 Å². The summed E-state index contributed by atoms with van der Waals surface area (Å²) in [6.45, 7) is 11.8. The van der Waals surface area contributed by atoms with Crippen LogP contribution in [0.5, 0.6) is 0 Å². The van der Waals surface area contributed by atoms with Gasteiger partial charge in [-0.1, -0.05) is 32.9 Å². The predicted octanol–water partition coefficient (Wildman–Crippen LogP) is 2.84. The fourth-order valence-electron chi connectivity index (χ4n) is 2.47. The van der Waals surface area contributed by atoms with Crippen molar-refractivity contribution in [1.82, 2.24) is 0 Å². The van der Waals surface area contributed by atoms with Gasteiger partial charge in [0.1, 0.15) is 0 Å². The van der Waals surface area contributed by atoms with Crippen LogP contribution < -0.4 is 5.73 Å². The van der Waals surface area contributed by atoms with Gasteiger partial charge in [-0.2, -0.15) is 0 Å². The van der Waals surface area contributed by atoms with Crippen LogP contribution in [0.15, 0.2) is 18.2 Å². The first-order valence-corrected chi connectivity index (χ1v) is 6.90. The summed E-state index contributed by atoms with van der Waals surface area (Å²) in [5.74, 6) is -0.671. The molecule has 1 aromatic carbocycles. The van der Waals surface area contributed by atoms with Gasteiger partial charge in [-0.15, -0.1) is 0 Å². The number of nitrogens with two attached hydrogens (primary N) is 1. The van der Waals surface area contributed by atoms with E-state index in [1.165, 1.54) is 11.1 Å². The van der Waals surface area contributed by atoms with E-state index in [1.807, 2.05) is 6.92 Å². The Morgan fingerprint density at radius 3 is 2.58 bits per heavy atom. The highest BCUT2D eigenvalue weighted by Gasteiger charge is 2.39. The normalized spacial score (nSPS) is 27.8. The molecule has 0 saturated carbocycles. The third kappa shape index (κ3) is 2.83. The molecule has 0 radical (unpaired) electrons. The maximum atomic E-state index is 5.99. The highest BCUT2D eigenvalue weighted by Crippen LogP contribution is 2.37. The molecule has 0 aliphatic carbocycles. The Labute approximate surface area is 116 Å². The lowest BCUT2D eigenvalue weighted by atomic mass is 9.84. The van der Waals surface area contributed by atoms with Crippen LogP contribution in [0.25, 0.3) is 0 Å². The van der Waals surface area contributed by atoms with Crippen LogP contribution in [0.3, 0.4) is 0 Å². The molecule has 1 saturated heterocycles. The third-order valence-electron chi connectivity index (χ3n) is 3.79. The summed E-state index contributed by atoms with van der Waals surface area (Å²) in [6, 6.07) is 6.52. The summed E-state index contributed by atoms with van der Waals surface area (Å²) >= 11 is 0.